The van der Waals surface area contributed by atoms with Gasteiger partial charge in [-0.3, -0.25) is 0 Å². The molecular weight excluding hydrogens is 200 g/mol. The van der Waals surface area contributed by atoms with Crippen LogP contribution in [0.1, 0.15) is 31.7 Å². The van der Waals surface area contributed by atoms with E-state index in [2.05, 4.69) is 6.92 Å². The summed E-state index contributed by atoms with van der Waals surface area (Å²) in [7, 11) is 0. The highest BCUT2D eigenvalue weighted by Gasteiger charge is 2.26. The van der Waals surface area contributed by atoms with Crippen molar-refractivity contribution in [3.63, 3.8) is 0 Å². The van der Waals surface area contributed by atoms with Crippen LogP contribution in [0.4, 0.5) is 0 Å². The topological polar surface area (TPSA) is 40.5 Å². The lowest BCUT2D eigenvalue weighted by Gasteiger charge is -2.31. The van der Waals surface area contributed by atoms with Gasteiger partial charge >= 0.3 is 0 Å². The van der Waals surface area contributed by atoms with E-state index < -0.39 is 0 Å². The van der Waals surface area contributed by atoms with Gasteiger partial charge in [0.05, 0.1) is 6.10 Å². The molecule has 2 N–H and O–H groups in total. The first kappa shape index (κ1) is 11.5. The number of phenols is 1. The van der Waals surface area contributed by atoms with Crippen LogP contribution in [0.15, 0.2) is 24.3 Å². The van der Waals surface area contributed by atoms with Gasteiger partial charge in [0, 0.05) is 0 Å². The Hall–Kier alpha value is -1.02. The molecule has 2 nitrogen and oxygen atoms in total. The maximum atomic E-state index is 9.95. The number of rotatable bonds is 2. The molecule has 1 saturated carbocycles. The van der Waals surface area contributed by atoms with Crippen molar-refractivity contribution in [1.82, 2.24) is 0 Å². The van der Waals surface area contributed by atoms with Gasteiger partial charge in [0.1, 0.15) is 5.75 Å². The molecule has 0 heterocycles. The number of aliphatic hydroxyl groups is 1. The molecule has 1 aliphatic carbocycles. The third-order valence-corrected chi connectivity index (χ3v) is 3.61. The smallest absolute Gasteiger partial charge is 0.115 e. The van der Waals surface area contributed by atoms with E-state index >= 15 is 0 Å². The van der Waals surface area contributed by atoms with Crippen molar-refractivity contribution in [2.75, 3.05) is 0 Å². The average molecular weight is 220 g/mol. The van der Waals surface area contributed by atoms with E-state index in [1.807, 2.05) is 12.1 Å². The van der Waals surface area contributed by atoms with E-state index in [0.29, 0.717) is 17.6 Å². The average Bonchev–Trinajstić information content (AvgIpc) is 2.24. The standard InChI is InChI=1S/C14H20O2/c1-10-5-6-14(16)12(7-10)8-11-3-2-4-13(15)9-11/h2-4,9-10,12,14-16H,5-8H2,1H3. The fraction of sp³-hybridized carbons (Fsp3) is 0.571. The predicted octanol–water partition coefficient (Wildman–Crippen LogP) is 2.73. The van der Waals surface area contributed by atoms with Gasteiger partial charge < -0.3 is 10.2 Å². The van der Waals surface area contributed by atoms with Crippen LogP contribution in [0.3, 0.4) is 0 Å². The minimum Gasteiger partial charge on any atom is -0.508 e. The number of hydrogen-bond donors (Lipinski definition) is 2. The van der Waals surface area contributed by atoms with Crippen molar-refractivity contribution in [1.29, 1.82) is 0 Å². The summed E-state index contributed by atoms with van der Waals surface area (Å²) in [5.74, 6) is 1.38. The van der Waals surface area contributed by atoms with E-state index in [9.17, 15) is 10.2 Å². The van der Waals surface area contributed by atoms with Crippen molar-refractivity contribution in [3.05, 3.63) is 29.8 Å². The van der Waals surface area contributed by atoms with Crippen LogP contribution in [0.25, 0.3) is 0 Å². The van der Waals surface area contributed by atoms with Crippen molar-refractivity contribution in [2.24, 2.45) is 11.8 Å². The molecule has 0 aromatic heterocycles. The normalized spacial score (nSPS) is 30.2. The third kappa shape index (κ3) is 2.76. The van der Waals surface area contributed by atoms with Crippen molar-refractivity contribution >= 4 is 0 Å². The molecule has 0 amide bonds. The van der Waals surface area contributed by atoms with E-state index in [1.165, 1.54) is 0 Å². The lowest BCUT2D eigenvalue weighted by molar-refractivity contribution is 0.0519. The predicted molar refractivity (Wildman–Crippen MR) is 64.3 cm³/mol. The molecular formula is C14H20O2. The monoisotopic (exact) mass is 220 g/mol. The Balaban J connectivity index is 2.02. The molecule has 1 aromatic rings. The third-order valence-electron chi connectivity index (χ3n) is 3.61. The second-order valence-electron chi connectivity index (χ2n) is 5.12. The van der Waals surface area contributed by atoms with Crippen LogP contribution in [-0.4, -0.2) is 16.3 Å². The number of aliphatic hydroxyl groups excluding tert-OH is 1. The Labute approximate surface area is 96.9 Å². The van der Waals surface area contributed by atoms with Crippen molar-refractivity contribution < 1.29 is 10.2 Å². The summed E-state index contributed by atoms with van der Waals surface area (Å²) in [5, 5.41) is 19.4. The van der Waals surface area contributed by atoms with Crippen LogP contribution in [0, 0.1) is 11.8 Å². The fourth-order valence-corrected chi connectivity index (χ4v) is 2.69. The summed E-state index contributed by atoms with van der Waals surface area (Å²) in [6, 6.07) is 7.37. The highest BCUT2D eigenvalue weighted by atomic mass is 16.3. The van der Waals surface area contributed by atoms with E-state index in [4.69, 9.17) is 0 Å². The SMILES string of the molecule is CC1CCC(O)C(Cc2cccc(O)c2)C1. The molecule has 3 atom stereocenters. The number of benzene rings is 1. The van der Waals surface area contributed by atoms with E-state index in [-0.39, 0.29) is 6.10 Å². The molecule has 2 heteroatoms. The zero-order valence-corrected chi connectivity index (χ0v) is 9.76. The molecule has 88 valence electrons. The van der Waals surface area contributed by atoms with Gasteiger partial charge in [-0.05, 0) is 55.2 Å². The van der Waals surface area contributed by atoms with Crippen LogP contribution in [0.5, 0.6) is 5.75 Å². The lowest BCUT2D eigenvalue weighted by Crippen LogP contribution is -2.29. The number of aromatic hydroxyl groups is 1. The Morgan fingerprint density at radius 1 is 1.31 bits per heavy atom. The Kier molecular flexibility index (Phi) is 3.49. The van der Waals surface area contributed by atoms with Crippen LogP contribution in [0.2, 0.25) is 0 Å². The van der Waals surface area contributed by atoms with Gasteiger partial charge in [0.2, 0.25) is 0 Å². The summed E-state index contributed by atoms with van der Waals surface area (Å²) < 4.78 is 0. The van der Waals surface area contributed by atoms with E-state index in [1.54, 1.807) is 12.1 Å². The van der Waals surface area contributed by atoms with Gasteiger partial charge in [-0.25, -0.2) is 0 Å². The zero-order chi connectivity index (χ0) is 11.5. The molecule has 16 heavy (non-hydrogen) atoms. The lowest BCUT2D eigenvalue weighted by atomic mass is 9.77. The highest BCUT2D eigenvalue weighted by Crippen LogP contribution is 2.31. The summed E-state index contributed by atoms with van der Waals surface area (Å²) in [5.41, 5.74) is 1.12. The Morgan fingerprint density at radius 2 is 2.12 bits per heavy atom. The molecule has 0 bridgehead atoms. The van der Waals surface area contributed by atoms with Crippen molar-refractivity contribution in [3.8, 4) is 5.75 Å². The summed E-state index contributed by atoms with van der Waals surface area (Å²) in [6.07, 6.45) is 3.86. The molecule has 0 aliphatic heterocycles. The van der Waals surface area contributed by atoms with Crippen LogP contribution in [-0.2, 0) is 6.42 Å². The molecule has 1 aromatic carbocycles. The zero-order valence-electron chi connectivity index (χ0n) is 9.76. The number of hydrogen-bond acceptors (Lipinski definition) is 2. The Morgan fingerprint density at radius 3 is 2.88 bits per heavy atom. The maximum Gasteiger partial charge on any atom is 0.115 e. The maximum absolute atomic E-state index is 9.95. The van der Waals surface area contributed by atoms with Crippen molar-refractivity contribution in [2.45, 2.75) is 38.7 Å². The Bertz CT molecular complexity index is 348. The van der Waals surface area contributed by atoms with Gasteiger partial charge in [0.25, 0.3) is 0 Å². The first-order valence-corrected chi connectivity index (χ1v) is 6.11. The molecule has 0 saturated heterocycles. The molecule has 2 rings (SSSR count). The van der Waals surface area contributed by atoms with Crippen LogP contribution >= 0.6 is 0 Å². The fourth-order valence-electron chi connectivity index (χ4n) is 2.69. The molecule has 0 spiro atoms. The molecule has 1 aliphatic rings. The quantitative estimate of drug-likeness (QED) is 0.804. The second kappa shape index (κ2) is 4.88. The van der Waals surface area contributed by atoms with Gasteiger partial charge in [-0.15, -0.1) is 0 Å². The van der Waals surface area contributed by atoms with Crippen LogP contribution < -0.4 is 0 Å². The summed E-state index contributed by atoms with van der Waals surface area (Å²) in [6.45, 7) is 2.25. The number of phenolic OH excluding ortho intramolecular Hbond substituents is 1. The molecule has 0 radical (unpaired) electrons. The van der Waals surface area contributed by atoms with Gasteiger partial charge in [0.15, 0.2) is 0 Å². The minimum absolute atomic E-state index is 0.168. The van der Waals surface area contributed by atoms with Gasteiger partial charge in [-0.2, -0.15) is 0 Å². The summed E-state index contributed by atoms with van der Waals surface area (Å²) in [4.78, 5) is 0. The minimum atomic E-state index is -0.168. The molecule has 1 fully saturated rings. The molecule has 3 unspecified atom stereocenters. The first-order chi connectivity index (χ1) is 7.65. The largest absolute Gasteiger partial charge is 0.508 e. The van der Waals surface area contributed by atoms with E-state index in [0.717, 1.165) is 31.2 Å². The first-order valence-electron chi connectivity index (χ1n) is 6.11. The highest BCUT2D eigenvalue weighted by molar-refractivity contribution is 5.27. The second-order valence-corrected chi connectivity index (χ2v) is 5.12. The summed E-state index contributed by atoms with van der Waals surface area (Å²) >= 11 is 0. The van der Waals surface area contributed by atoms with Gasteiger partial charge in [-0.1, -0.05) is 19.1 Å².